The molecule has 0 aromatic rings. The lowest BCUT2D eigenvalue weighted by Gasteiger charge is -2.06. The van der Waals surface area contributed by atoms with Gasteiger partial charge >= 0.3 is 5.97 Å². The molecule has 0 rings (SSSR count). The van der Waals surface area contributed by atoms with E-state index in [1.54, 1.807) is 0 Å². The van der Waals surface area contributed by atoms with E-state index in [1.807, 2.05) is 0 Å². The maximum atomic E-state index is 11.1. The molecule has 0 heterocycles. The third-order valence-electron chi connectivity index (χ3n) is 4.77. The van der Waals surface area contributed by atoms with E-state index in [2.05, 4.69) is 11.7 Å². The molecule has 0 aliphatic rings. The summed E-state index contributed by atoms with van der Waals surface area (Å²) >= 11 is 5.92. The van der Waals surface area contributed by atoms with Crippen molar-refractivity contribution in [1.82, 2.24) is 0 Å². The highest BCUT2D eigenvalue weighted by atomic mass is 35.5. The van der Waals surface area contributed by atoms with Crippen LogP contribution in [0.4, 0.5) is 0 Å². The number of unbranched alkanes of at least 4 members (excludes halogenated alkanes) is 15. The van der Waals surface area contributed by atoms with Gasteiger partial charge in [-0.3, -0.25) is 4.79 Å². The van der Waals surface area contributed by atoms with E-state index in [1.165, 1.54) is 103 Å². The van der Waals surface area contributed by atoms with Crippen LogP contribution in [0.15, 0.2) is 0 Å². The van der Waals surface area contributed by atoms with Gasteiger partial charge in [0.15, 0.2) is 0 Å². The van der Waals surface area contributed by atoms with Gasteiger partial charge in [0.25, 0.3) is 0 Å². The van der Waals surface area contributed by atoms with E-state index in [9.17, 15) is 4.79 Å². The number of ether oxygens (including phenoxy) is 1. The molecular weight excluding hydrogens is 320 g/mol. The molecular formula is C21H41ClO2. The molecule has 2 nitrogen and oxygen atoms in total. The Hall–Kier alpha value is -0.240. The Balaban J connectivity index is 3.09. The number of hydrogen-bond donors (Lipinski definition) is 0. The van der Waals surface area contributed by atoms with Crippen molar-refractivity contribution < 1.29 is 9.53 Å². The third kappa shape index (κ3) is 16.6. The number of carbonyl (C=O) groups is 1. The summed E-state index contributed by atoms with van der Waals surface area (Å²) in [7, 11) is 1.39. The van der Waals surface area contributed by atoms with E-state index in [0.29, 0.717) is 0 Å². The molecule has 0 saturated carbocycles. The second kappa shape index (κ2) is 19.1. The monoisotopic (exact) mass is 360 g/mol. The molecule has 144 valence electrons. The Morgan fingerprint density at radius 2 is 1.04 bits per heavy atom. The van der Waals surface area contributed by atoms with Crippen LogP contribution in [-0.4, -0.2) is 18.5 Å². The summed E-state index contributed by atoms with van der Waals surface area (Å²) in [5.74, 6) is -0.294. The van der Waals surface area contributed by atoms with Crippen LogP contribution in [0.5, 0.6) is 0 Å². The molecule has 0 radical (unpaired) electrons. The summed E-state index contributed by atoms with van der Waals surface area (Å²) in [6.45, 7) is 2.28. The lowest BCUT2D eigenvalue weighted by molar-refractivity contribution is -0.140. The molecule has 0 fully saturated rings. The van der Waals surface area contributed by atoms with Crippen molar-refractivity contribution in [3.63, 3.8) is 0 Å². The number of methoxy groups -OCH3 is 1. The van der Waals surface area contributed by atoms with Gasteiger partial charge in [0, 0.05) is 0 Å². The van der Waals surface area contributed by atoms with Gasteiger partial charge in [-0.2, -0.15) is 0 Å². The minimum Gasteiger partial charge on any atom is -0.468 e. The molecule has 1 unspecified atom stereocenters. The van der Waals surface area contributed by atoms with E-state index in [0.717, 1.165) is 12.8 Å². The molecule has 0 aromatic carbocycles. The van der Waals surface area contributed by atoms with Crippen LogP contribution in [0, 0.1) is 0 Å². The van der Waals surface area contributed by atoms with Gasteiger partial charge in [-0.15, -0.1) is 11.6 Å². The van der Waals surface area contributed by atoms with Crippen molar-refractivity contribution in [3.8, 4) is 0 Å². The maximum absolute atomic E-state index is 11.1. The molecule has 3 heteroatoms. The SMILES string of the molecule is CCCCCCCCCCCCCCCCCCC(Cl)C(=O)OC. The molecule has 0 aliphatic heterocycles. The number of hydrogen-bond acceptors (Lipinski definition) is 2. The van der Waals surface area contributed by atoms with E-state index < -0.39 is 5.38 Å². The topological polar surface area (TPSA) is 26.3 Å². The first-order valence-corrected chi connectivity index (χ1v) is 10.9. The van der Waals surface area contributed by atoms with Crippen LogP contribution in [0.3, 0.4) is 0 Å². The maximum Gasteiger partial charge on any atom is 0.323 e. The molecule has 0 N–H and O–H groups in total. The molecule has 0 aliphatic carbocycles. The average Bonchev–Trinajstić information content (AvgIpc) is 2.60. The second-order valence-electron chi connectivity index (χ2n) is 7.08. The van der Waals surface area contributed by atoms with Crippen LogP contribution in [0.2, 0.25) is 0 Å². The molecule has 0 spiro atoms. The largest absolute Gasteiger partial charge is 0.468 e. The summed E-state index contributed by atoms with van der Waals surface area (Å²) in [6.07, 6.45) is 22.5. The molecule has 0 aromatic heterocycles. The Bertz CT molecular complexity index is 269. The van der Waals surface area contributed by atoms with Gasteiger partial charge in [-0.05, 0) is 6.42 Å². The fourth-order valence-corrected chi connectivity index (χ4v) is 3.36. The lowest BCUT2D eigenvalue weighted by atomic mass is 10.0. The van der Waals surface area contributed by atoms with Crippen LogP contribution in [-0.2, 0) is 9.53 Å². The van der Waals surface area contributed by atoms with Gasteiger partial charge in [-0.25, -0.2) is 0 Å². The molecule has 0 bridgehead atoms. The van der Waals surface area contributed by atoms with Crippen molar-refractivity contribution in [1.29, 1.82) is 0 Å². The van der Waals surface area contributed by atoms with Crippen LogP contribution >= 0.6 is 11.6 Å². The van der Waals surface area contributed by atoms with Crippen molar-refractivity contribution >= 4 is 17.6 Å². The zero-order valence-electron chi connectivity index (χ0n) is 16.3. The van der Waals surface area contributed by atoms with Crippen molar-refractivity contribution in [2.75, 3.05) is 7.11 Å². The lowest BCUT2D eigenvalue weighted by Crippen LogP contribution is -2.15. The average molecular weight is 361 g/mol. The molecule has 0 amide bonds. The Morgan fingerprint density at radius 3 is 1.38 bits per heavy atom. The standard InChI is InChI=1S/C21H41ClO2/c1-3-4-5-6-7-8-9-10-11-12-13-14-15-16-17-18-19-20(22)21(23)24-2/h20H,3-19H2,1-2H3. The van der Waals surface area contributed by atoms with Gasteiger partial charge in [0.1, 0.15) is 5.38 Å². The number of alkyl halides is 1. The summed E-state index contributed by atoms with van der Waals surface area (Å²) in [5.41, 5.74) is 0. The summed E-state index contributed by atoms with van der Waals surface area (Å²) in [4.78, 5) is 11.1. The predicted molar refractivity (Wildman–Crippen MR) is 106 cm³/mol. The molecule has 24 heavy (non-hydrogen) atoms. The highest BCUT2D eigenvalue weighted by molar-refractivity contribution is 6.29. The third-order valence-corrected chi connectivity index (χ3v) is 5.16. The number of esters is 1. The second-order valence-corrected chi connectivity index (χ2v) is 7.61. The predicted octanol–water partition coefficient (Wildman–Crippen LogP) is 7.42. The number of rotatable bonds is 18. The first-order chi connectivity index (χ1) is 11.7. The van der Waals surface area contributed by atoms with E-state index in [-0.39, 0.29) is 5.97 Å². The van der Waals surface area contributed by atoms with Gasteiger partial charge in [0.2, 0.25) is 0 Å². The van der Waals surface area contributed by atoms with Crippen molar-refractivity contribution in [3.05, 3.63) is 0 Å². The van der Waals surface area contributed by atoms with E-state index >= 15 is 0 Å². The normalized spacial score (nSPS) is 12.3. The van der Waals surface area contributed by atoms with Crippen LogP contribution < -0.4 is 0 Å². The summed E-state index contributed by atoms with van der Waals surface area (Å²) in [6, 6.07) is 0. The zero-order valence-corrected chi connectivity index (χ0v) is 17.0. The summed E-state index contributed by atoms with van der Waals surface area (Å²) < 4.78 is 4.62. The molecule has 0 saturated heterocycles. The van der Waals surface area contributed by atoms with Gasteiger partial charge in [-0.1, -0.05) is 110 Å². The summed E-state index contributed by atoms with van der Waals surface area (Å²) in [5, 5.41) is -0.457. The Morgan fingerprint density at radius 1 is 0.708 bits per heavy atom. The van der Waals surface area contributed by atoms with Crippen LogP contribution in [0.25, 0.3) is 0 Å². The number of carbonyl (C=O) groups excluding carboxylic acids is 1. The highest BCUT2D eigenvalue weighted by Gasteiger charge is 2.14. The van der Waals surface area contributed by atoms with Gasteiger partial charge < -0.3 is 4.74 Å². The van der Waals surface area contributed by atoms with Gasteiger partial charge in [0.05, 0.1) is 7.11 Å². The minimum atomic E-state index is -0.457. The quantitative estimate of drug-likeness (QED) is 0.144. The fourth-order valence-electron chi connectivity index (χ4n) is 3.12. The van der Waals surface area contributed by atoms with Crippen molar-refractivity contribution in [2.45, 2.75) is 121 Å². The Kier molecular flexibility index (Phi) is 18.9. The first-order valence-electron chi connectivity index (χ1n) is 10.4. The van der Waals surface area contributed by atoms with Crippen molar-refractivity contribution in [2.24, 2.45) is 0 Å². The fraction of sp³-hybridized carbons (Fsp3) is 0.952. The van der Waals surface area contributed by atoms with Crippen LogP contribution in [0.1, 0.15) is 116 Å². The minimum absolute atomic E-state index is 0.294. The van der Waals surface area contributed by atoms with E-state index in [4.69, 9.17) is 11.6 Å². The smallest absolute Gasteiger partial charge is 0.323 e. The first kappa shape index (κ1) is 23.8. The molecule has 1 atom stereocenters. The Labute approximate surface area is 156 Å². The highest BCUT2D eigenvalue weighted by Crippen LogP contribution is 2.15. The number of halogens is 1. The zero-order chi connectivity index (χ0) is 17.9.